The minimum absolute atomic E-state index is 0.145. The number of esters is 1. The maximum atomic E-state index is 11.1. The van der Waals surface area contributed by atoms with Crippen LogP contribution in [0.1, 0.15) is 22.6 Å². The molecule has 18 heavy (non-hydrogen) atoms. The van der Waals surface area contributed by atoms with Crippen molar-refractivity contribution in [2.24, 2.45) is 5.41 Å². The van der Waals surface area contributed by atoms with Crippen molar-refractivity contribution in [2.75, 3.05) is 20.3 Å². The zero-order valence-electron chi connectivity index (χ0n) is 10.6. The van der Waals surface area contributed by atoms with E-state index in [0.717, 1.165) is 30.8 Å². The molecule has 1 saturated carbocycles. The second kappa shape index (κ2) is 5.82. The van der Waals surface area contributed by atoms with Crippen molar-refractivity contribution in [3.63, 3.8) is 0 Å². The van der Waals surface area contributed by atoms with Crippen molar-refractivity contribution >= 4 is 17.3 Å². The van der Waals surface area contributed by atoms with Gasteiger partial charge in [0, 0.05) is 34.9 Å². The van der Waals surface area contributed by atoms with Gasteiger partial charge in [-0.3, -0.25) is 4.79 Å². The topological polar surface area (TPSA) is 58.6 Å². The van der Waals surface area contributed by atoms with Gasteiger partial charge in [-0.05, 0) is 25.0 Å². The van der Waals surface area contributed by atoms with E-state index in [-0.39, 0.29) is 18.0 Å². The minimum Gasteiger partial charge on any atom is -0.469 e. The zero-order chi connectivity index (χ0) is 13.0. The Hall–Kier alpha value is -0.910. The van der Waals surface area contributed by atoms with Crippen LogP contribution in [0.3, 0.4) is 0 Å². The third-order valence-corrected chi connectivity index (χ3v) is 4.44. The fourth-order valence-corrected chi connectivity index (χ4v) is 2.82. The van der Waals surface area contributed by atoms with Gasteiger partial charge in [-0.25, -0.2) is 0 Å². The number of hydrogen-bond acceptors (Lipinski definition) is 5. The predicted octanol–water partition coefficient (Wildman–Crippen LogP) is 1.33. The van der Waals surface area contributed by atoms with Crippen molar-refractivity contribution in [3.05, 3.63) is 21.9 Å². The average Bonchev–Trinajstić information content (AvgIpc) is 3.03. The van der Waals surface area contributed by atoms with Crippen LogP contribution in [-0.4, -0.2) is 31.3 Å². The number of aliphatic hydroxyl groups excluding tert-OH is 1. The van der Waals surface area contributed by atoms with Crippen LogP contribution in [0.15, 0.2) is 12.1 Å². The first kappa shape index (κ1) is 13.5. The Balaban J connectivity index is 1.75. The summed E-state index contributed by atoms with van der Waals surface area (Å²) in [5.41, 5.74) is 0.145. The van der Waals surface area contributed by atoms with Crippen LogP contribution in [0.4, 0.5) is 0 Å². The van der Waals surface area contributed by atoms with Gasteiger partial charge < -0.3 is 15.2 Å². The number of nitrogens with one attached hydrogen (secondary N) is 1. The quantitative estimate of drug-likeness (QED) is 0.733. The molecule has 100 valence electrons. The maximum absolute atomic E-state index is 11.1. The maximum Gasteiger partial charge on any atom is 0.310 e. The molecule has 0 saturated heterocycles. The molecule has 0 aliphatic heterocycles. The Kier molecular flexibility index (Phi) is 4.37. The Morgan fingerprint density at radius 3 is 2.83 bits per heavy atom. The molecule has 1 heterocycles. The average molecular weight is 269 g/mol. The van der Waals surface area contributed by atoms with Crippen LogP contribution in [0.5, 0.6) is 0 Å². The van der Waals surface area contributed by atoms with E-state index in [0.29, 0.717) is 6.42 Å². The summed E-state index contributed by atoms with van der Waals surface area (Å²) < 4.78 is 4.64. The molecule has 2 N–H and O–H groups in total. The third-order valence-electron chi connectivity index (χ3n) is 3.36. The van der Waals surface area contributed by atoms with Gasteiger partial charge in [0.1, 0.15) is 0 Å². The summed E-state index contributed by atoms with van der Waals surface area (Å²) in [6.45, 7) is 1.94. The predicted molar refractivity (Wildman–Crippen MR) is 70.5 cm³/mol. The lowest BCUT2D eigenvalue weighted by atomic mass is 10.1. The highest BCUT2D eigenvalue weighted by Gasteiger charge is 2.41. The van der Waals surface area contributed by atoms with E-state index >= 15 is 0 Å². The van der Waals surface area contributed by atoms with Crippen molar-refractivity contribution in [2.45, 2.75) is 25.8 Å². The molecular formula is C13H19NO3S. The van der Waals surface area contributed by atoms with Gasteiger partial charge in [0.2, 0.25) is 0 Å². The number of thiophene rings is 1. The van der Waals surface area contributed by atoms with E-state index in [9.17, 15) is 9.90 Å². The molecule has 1 aliphatic carbocycles. The molecule has 0 radical (unpaired) electrons. The fraction of sp³-hybridized carbons (Fsp3) is 0.615. The molecular weight excluding hydrogens is 250 g/mol. The van der Waals surface area contributed by atoms with Crippen LogP contribution < -0.4 is 5.32 Å². The number of aliphatic hydroxyl groups is 1. The second-order valence-electron chi connectivity index (χ2n) is 4.88. The molecule has 0 bridgehead atoms. The van der Waals surface area contributed by atoms with Gasteiger partial charge in [0.25, 0.3) is 0 Å². The van der Waals surface area contributed by atoms with Crippen molar-refractivity contribution < 1.29 is 14.6 Å². The summed E-state index contributed by atoms with van der Waals surface area (Å²) in [5.74, 6) is -0.200. The SMILES string of the molecule is COC(=O)Cc1ccc(CNCC2(CO)CC2)s1. The molecule has 1 aliphatic rings. The zero-order valence-corrected chi connectivity index (χ0v) is 11.4. The Morgan fingerprint density at radius 2 is 2.22 bits per heavy atom. The Morgan fingerprint density at radius 1 is 1.50 bits per heavy atom. The van der Waals surface area contributed by atoms with Crippen molar-refractivity contribution in [1.29, 1.82) is 0 Å². The molecule has 1 fully saturated rings. The monoisotopic (exact) mass is 269 g/mol. The highest BCUT2D eigenvalue weighted by molar-refractivity contribution is 7.12. The fourth-order valence-electron chi connectivity index (χ4n) is 1.85. The number of methoxy groups -OCH3 is 1. The second-order valence-corrected chi connectivity index (χ2v) is 6.14. The van der Waals surface area contributed by atoms with Crippen LogP contribution in [0.2, 0.25) is 0 Å². The van der Waals surface area contributed by atoms with Crippen molar-refractivity contribution in [1.82, 2.24) is 5.32 Å². The molecule has 0 amide bonds. The minimum atomic E-state index is -0.200. The summed E-state index contributed by atoms with van der Waals surface area (Å²) in [7, 11) is 1.41. The number of hydrogen-bond donors (Lipinski definition) is 2. The van der Waals surface area contributed by atoms with Gasteiger partial charge in [-0.1, -0.05) is 0 Å². The summed E-state index contributed by atoms with van der Waals surface area (Å²) in [4.78, 5) is 13.4. The molecule has 1 aromatic rings. The molecule has 1 aromatic heterocycles. The first-order valence-corrected chi connectivity index (χ1v) is 6.95. The van der Waals surface area contributed by atoms with E-state index < -0.39 is 0 Å². The van der Waals surface area contributed by atoms with E-state index in [1.165, 1.54) is 12.0 Å². The number of carbonyl (C=O) groups excluding carboxylic acids is 1. The number of carbonyl (C=O) groups is 1. The Labute approximate surface area is 111 Å². The lowest BCUT2D eigenvalue weighted by molar-refractivity contribution is -0.139. The van der Waals surface area contributed by atoms with Crippen LogP contribution in [0, 0.1) is 5.41 Å². The van der Waals surface area contributed by atoms with Crippen LogP contribution >= 0.6 is 11.3 Å². The first-order valence-electron chi connectivity index (χ1n) is 6.13. The van der Waals surface area contributed by atoms with Crippen LogP contribution in [0.25, 0.3) is 0 Å². The largest absolute Gasteiger partial charge is 0.469 e. The molecule has 0 aromatic carbocycles. The van der Waals surface area contributed by atoms with E-state index in [1.807, 2.05) is 12.1 Å². The first-order chi connectivity index (χ1) is 8.67. The van der Waals surface area contributed by atoms with Gasteiger partial charge in [0.05, 0.1) is 13.5 Å². The van der Waals surface area contributed by atoms with E-state index in [2.05, 4.69) is 10.1 Å². The Bertz CT molecular complexity index is 412. The number of rotatable bonds is 7. The van der Waals surface area contributed by atoms with E-state index in [4.69, 9.17) is 0 Å². The highest BCUT2D eigenvalue weighted by atomic mass is 32.1. The summed E-state index contributed by atoms with van der Waals surface area (Å²) >= 11 is 1.63. The molecule has 0 unspecified atom stereocenters. The molecule has 4 nitrogen and oxygen atoms in total. The third kappa shape index (κ3) is 3.54. The molecule has 0 atom stereocenters. The summed E-state index contributed by atoms with van der Waals surface area (Å²) in [6.07, 6.45) is 2.59. The van der Waals surface area contributed by atoms with E-state index in [1.54, 1.807) is 11.3 Å². The lowest BCUT2D eigenvalue weighted by Gasteiger charge is -2.11. The number of ether oxygens (including phenoxy) is 1. The van der Waals surface area contributed by atoms with Crippen LogP contribution in [-0.2, 0) is 22.5 Å². The molecule has 0 spiro atoms. The summed E-state index contributed by atoms with van der Waals surface area (Å²) in [6, 6.07) is 4.01. The van der Waals surface area contributed by atoms with Gasteiger partial charge in [0.15, 0.2) is 0 Å². The highest BCUT2D eigenvalue weighted by Crippen LogP contribution is 2.44. The van der Waals surface area contributed by atoms with Gasteiger partial charge >= 0.3 is 5.97 Å². The normalized spacial score (nSPS) is 16.6. The summed E-state index contributed by atoms with van der Waals surface area (Å²) in [5, 5.41) is 12.6. The van der Waals surface area contributed by atoms with Gasteiger partial charge in [-0.15, -0.1) is 11.3 Å². The molecule has 5 heteroatoms. The smallest absolute Gasteiger partial charge is 0.310 e. The lowest BCUT2D eigenvalue weighted by Crippen LogP contribution is -2.25. The van der Waals surface area contributed by atoms with Gasteiger partial charge in [-0.2, -0.15) is 0 Å². The molecule has 2 rings (SSSR count). The standard InChI is InChI=1S/C13H19NO3S/c1-17-12(16)6-10-2-3-11(18-10)7-14-8-13(9-15)4-5-13/h2-3,14-15H,4-9H2,1H3. The van der Waals surface area contributed by atoms with Crippen molar-refractivity contribution in [3.8, 4) is 0 Å².